The molecule has 218 valence electrons. The van der Waals surface area contributed by atoms with E-state index in [-0.39, 0.29) is 23.8 Å². The van der Waals surface area contributed by atoms with Gasteiger partial charge >= 0.3 is 0 Å². The molecule has 2 fully saturated rings. The van der Waals surface area contributed by atoms with E-state index in [9.17, 15) is 4.79 Å². The van der Waals surface area contributed by atoms with Crippen LogP contribution in [0.1, 0.15) is 19.3 Å². The molecule has 1 unspecified atom stereocenters. The maximum absolute atomic E-state index is 12.0. The number of rotatable bonds is 10. The Morgan fingerprint density at radius 1 is 1.17 bits per heavy atom. The Balaban J connectivity index is 1.57. The minimum Gasteiger partial charge on any atom is -0.495 e. The molecule has 0 amide bonds. The number of methoxy groups -OCH3 is 2. The third-order valence-electron chi connectivity index (χ3n) is 7.73. The van der Waals surface area contributed by atoms with Crippen LogP contribution in [0.15, 0.2) is 37.1 Å². The normalized spacial score (nSPS) is 21.0. The molecule has 2 aliphatic heterocycles. The Hall–Kier alpha value is -3.11. The van der Waals surface area contributed by atoms with Crippen LogP contribution in [0.4, 0.5) is 11.6 Å². The van der Waals surface area contributed by atoms with Gasteiger partial charge in [-0.25, -0.2) is 9.97 Å². The Labute approximate surface area is 250 Å². The maximum Gasteiger partial charge on any atom is 0.155 e. The van der Waals surface area contributed by atoms with Crippen LogP contribution in [0.25, 0.3) is 22.0 Å². The lowest BCUT2D eigenvalue weighted by Gasteiger charge is -2.31. The highest BCUT2D eigenvalue weighted by atomic mass is 35.5. The summed E-state index contributed by atoms with van der Waals surface area (Å²) in [6.07, 6.45) is 5.68. The van der Waals surface area contributed by atoms with Gasteiger partial charge in [0, 0.05) is 53.5 Å². The number of benzene rings is 1. The minimum atomic E-state index is -0.0404. The predicted octanol–water partition coefficient (Wildman–Crippen LogP) is 5.70. The average molecular weight is 601 g/mol. The van der Waals surface area contributed by atoms with E-state index in [1.807, 2.05) is 12.1 Å². The molecule has 0 saturated carbocycles. The topological polar surface area (TPSA) is 97.8 Å². The van der Waals surface area contributed by atoms with Crippen LogP contribution in [-0.4, -0.2) is 80.3 Å². The molecule has 0 bridgehead atoms. The van der Waals surface area contributed by atoms with Gasteiger partial charge in [-0.15, -0.1) is 0 Å². The summed E-state index contributed by atoms with van der Waals surface area (Å²) in [4.78, 5) is 24.1. The van der Waals surface area contributed by atoms with Crippen LogP contribution in [0, 0.1) is 5.92 Å². The molecule has 2 N–H and O–H groups in total. The number of halogens is 2. The van der Waals surface area contributed by atoms with E-state index in [1.54, 1.807) is 26.5 Å². The molecule has 3 atom stereocenters. The van der Waals surface area contributed by atoms with Gasteiger partial charge in [0.1, 0.15) is 23.1 Å². The zero-order valence-corrected chi connectivity index (χ0v) is 25.0. The van der Waals surface area contributed by atoms with E-state index in [1.165, 1.54) is 6.08 Å². The smallest absolute Gasteiger partial charge is 0.155 e. The van der Waals surface area contributed by atoms with Gasteiger partial charge in [0.2, 0.25) is 0 Å². The third-order valence-corrected chi connectivity index (χ3v) is 8.48. The molecule has 2 aliphatic rings. The average Bonchev–Trinajstić information content (AvgIpc) is 3.39. The van der Waals surface area contributed by atoms with E-state index in [4.69, 9.17) is 47.4 Å². The minimum absolute atomic E-state index is 0.00549. The second-order valence-electron chi connectivity index (χ2n) is 10.6. The van der Waals surface area contributed by atoms with Gasteiger partial charge in [-0.2, -0.15) is 0 Å². The lowest BCUT2D eigenvalue weighted by atomic mass is 9.97. The number of hydrogen-bond donors (Lipinski definition) is 2. The molecule has 5 rings (SSSR count). The summed E-state index contributed by atoms with van der Waals surface area (Å²) in [5.74, 6) is 2.32. The summed E-state index contributed by atoms with van der Waals surface area (Å²) >= 11 is 13.5. The number of nitrogens with zero attached hydrogens (tertiary/aromatic N) is 3. The summed E-state index contributed by atoms with van der Waals surface area (Å²) in [6, 6.07) is 5.74. The van der Waals surface area contributed by atoms with E-state index in [2.05, 4.69) is 29.2 Å². The summed E-state index contributed by atoms with van der Waals surface area (Å²) in [5.41, 5.74) is 1.10. The van der Waals surface area contributed by atoms with Crippen molar-refractivity contribution >= 4 is 51.4 Å². The number of likely N-dealkylation sites (tertiary alicyclic amines) is 1. The standard InChI is InChI=1S/C30H35Cl2N5O4/c1-5-20(38)9-18-15-41-16-23(18)35-26-11-21-17(13-33-26)10-22(36-30(21)34-19-7-6-8-37(2)14-19)27-28(31)24(39-3)12-25(40-4)29(27)32/h5,10-13,18-19,23H,1,6-9,14-16H2,2-4H3,(H,33,35)(H,34,36)/t18-,19?,23+/m0/s1. The zero-order valence-electron chi connectivity index (χ0n) is 23.5. The summed E-state index contributed by atoms with van der Waals surface area (Å²) in [7, 11) is 5.22. The van der Waals surface area contributed by atoms with Crippen LogP contribution >= 0.6 is 23.2 Å². The van der Waals surface area contributed by atoms with Crippen LogP contribution in [0.2, 0.25) is 10.0 Å². The molecular weight excluding hydrogens is 565 g/mol. The van der Waals surface area contributed by atoms with Gasteiger partial charge in [-0.1, -0.05) is 29.8 Å². The Morgan fingerprint density at radius 3 is 2.61 bits per heavy atom. The quantitative estimate of drug-likeness (QED) is 0.284. The fraction of sp³-hybridized carbons (Fsp3) is 0.433. The number of pyridine rings is 2. The van der Waals surface area contributed by atoms with Crippen molar-refractivity contribution in [2.45, 2.75) is 31.3 Å². The number of ketones is 1. The number of carbonyl (C=O) groups is 1. The number of likely N-dealkylation sites (N-methyl/N-ethyl adjacent to an activating group) is 1. The highest BCUT2D eigenvalue weighted by Gasteiger charge is 2.30. The SMILES string of the molecule is C=CC(=O)C[C@H]1COC[C@H]1Nc1cc2c(NC3CCCN(C)C3)nc(-c3c(Cl)c(OC)cc(OC)c3Cl)cc2cn1. The molecule has 0 aliphatic carbocycles. The first kappa shape index (κ1) is 29.4. The Bertz CT molecular complexity index is 1420. The molecule has 2 aromatic heterocycles. The first-order valence-corrected chi connectivity index (χ1v) is 14.4. The van der Waals surface area contributed by atoms with E-state index in [0.29, 0.717) is 64.1 Å². The fourth-order valence-corrected chi connectivity index (χ4v) is 6.24. The highest BCUT2D eigenvalue weighted by Crippen LogP contribution is 2.46. The predicted molar refractivity (Wildman–Crippen MR) is 164 cm³/mol. The molecule has 4 heterocycles. The van der Waals surface area contributed by atoms with E-state index < -0.39 is 0 Å². The molecule has 9 nitrogen and oxygen atoms in total. The number of ether oxygens (including phenoxy) is 3. The molecule has 0 spiro atoms. The van der Waals surface area contributed by atoms with Gasteiger partial charge in [0.25, 0.3) is 0 Å². The molecule has 41 heavy (non-hydrogen) atoms. The van der Waals surface area contributed by atoms with Crippen LogP contribution in [-0.2, 0) is 9.53 Å². The van der Waals surface area contributed by atoms with Crippen molar-refractivity contribution < 1.29 is 19.0 Å². The summed E-state index contributed by atoms with van der Waals surface area (Å²) < 4.78 is 16.7. The number of fused-ring (bicyclic) bond motifs is 1. The van der Waals surface area contributed by atoms with E-state index >= 15 is 0 Å². The van der Waals surface area contributed by atoms with Crippen molar-refractivity contribution in [3.05, 3.63) is 47.1 Å². The Morgan fingerprint density at radius 2 is 1.93 bits per heavy atom. The van der Waals surface area contributed by atoms with Crippen molar-refractivity contribution in [2.75, 3.05) is 58.2 Å². The van der Waals surface area contributed by atoms with E-state index in [0.717, 1.165) is 36.7 Å². The lowest BCUT2D eigenvalue weighted by Crippen LogP contribution is -2.40. The second kappa shape index (κ2) is 12.8. The third kappa shape index (κ3) is 6.38. The van der Waals surface area contributed by atoms with Crippen molar-refractivity contribution in [1.82, 2.24) is 14.9 Å². The largest absolute Gasteiger partial charge is 0.495 e. The first-order valence-electron chi connectivity index (χ1n) is 13.7. The molecule has 11 heteroatoms. The summed E-state index contributed by atoms with van der Waals surface area (Å²) in [5, 5.41) is 9.63. The highest BCUT2D eigenvalue weighted by molar-refractivity contribution is 6.41. The molecule has 1 aromatic carbocycles. The van der Waals surface area contributed by atoms with Gasteiger partial charge in [0.15, 0.2) is 5.78 Å². The van der Waals surface area contributed by atoms with Crippen molar-refractivity contribution in [3.63, 3.8) is 0 Å². The Kier molecular flexibility index (Phi) is 9.19. The number of carbonyl (C=O) groups excluding carboxylic acids is 1. The van der Waals surface area contributed by atoms with Gasteiger partial charge in [-0.3, -0.25) is 4.79 Å². The van der Waals surface area contributed by atoms with Crippen LogP contribution < -0.4 is 20.1 Å². The summed E-state index contributed by atoms with van der Waals surface area (Å²) in [6.45, 7) is 6.58. The van der Waals surface area contributed by atoms with Gasteiger partial charge < -0.3 is 29.7 Å². The number of hydrogen-bond acceptors (Lipinski definition) is 9. The molecule has 2 saturated heterocycles. The number of anilines is 2. The second-order valence-corrected chi connectivity index (χ2v) is 11.4. The van der Waals surface area contributed by atoms with Crippen LogP contribution in [0.5, 0.6) is 11.5 Å². The zero-order chi connectivity index (χ0) is 29.1. The number of nitrogens with one attached hydrogen (secondary N) is 2. The first-order chi connectivity index (χ1) is 19.8. The van der Waals surface area contributed by atoms with Gasteiger partial charge in [-0.05, 0) is 44.6 Å². The van der Waals surface area contributed by atoms with Crippen LogP contribution in [0.3, 0.4) is 0 Å². The molecule has 3 aromatic rings. The van der Waals surface area contributed by atoms with Gasteiger partial charge in [0.05, 0.1) is 49.2 Å². The lowest BCUT2D eigenvalue weighted by molar-refractivity contribution is -0.115. The van der Waals surface area contributed by atoms with Crippen molar-refractivity contribution in [3.8, 4) is 22.8 Å². The molecular formula is C30H35Cl2N5O4. The maximum atomic E-state index is 12.0. The molecule has 0 radical (unpaired) electrons. The fourth-order valence-electron chi connectivity index (χ4n) is 5.54. The van der Waals surface area contributed by atoms with Crippen molar-refractivity contribution in [2.24, 2.45) is 5.92 Å². The van der Waals surface area contributed by atoms with Crippen molar-refractivity contribution in [1.29, 1.82) is 0 Å². The number of allylic oxidation sites excluding steroid dienone is 1. The number of piperidine rings is 1. The monoisotopic (exact) mass is 599 g/mol. The number of aromatic nitrogens is 2.